The van der Waals surface area contributed by atoms with Gasteiger partial charge in [-0.05, 0) is 26.7 Å². The summed E-state index contributed by atoms with van der Waals surface area (Å²) in [6.45, 7) is 5.57. The van der Waals surface area contributed by atoms with E-state index in [9.17, 15) is 0 Å². The van der Waals surface area contributed by atoms with Gasteiger partial charge in [-0.1, -0.05) is 0 Å². The van der Waals surface area contributed by atoms with Crippen molar-refractivity contribution in [3.8, 4) is 5.88 Å². The molecule has 2 aromatic heterocycles. The molecule has 0 aliphatic rings. The van der Waals surface area contributed by atoms with E-state index in [0.29, 0.717) is 23.0 Å². The zero-order chi connectivity index (χ0) is 14.5. The maximum absolute atomic E-state index is 5.94. The second kappa shape index (κ2) is 6.51. The van der Waals surface area contributed by atoms with Gasteiger partial charge in [-0.25, -0.2) is 9.97 Å². The van der Waals surface area contributed by atoms with Gasteiger partial charge < -0.3 is 15.2 Å². The van der Waals surface area contributed by atoms with Crippen LogP contribution in [0.3, 0.4) is 0 Å². The largest absolute Gasteiger partial charge is 0.479 e. The molecule has 0 radical (unpaired) electrons. The molecule has 0 saturated carbocycles. The molecular weight excluding hydrogens is 258 g/mol. The molecule has 7 nitrogen and oxygen atoms in total. The maximum atomic E-state index is 5.94. The first kappa shape index (κ1) is 14.5. The Balaban J connectivity index is 2.05. The average molecular weight is 279 g/mol. The molecule has 0 aliphatic heterocycles. The van der Waals surface area contributed by atoms with E-state index in [1.807, 2.05) is 18.4 Å². The topological polar surface area (TPSA) is 88.1 Å². The van der Waals surface area contributed by atoms with Crippen molar-refractivity contribution in [1.82, 2.24) is 19.5 Å². The van der Waals surface area contributed by atoms with Crippen molar-refractivity contribution in [1.29, 1.82) is 0 Å². The lowest BCUT2D eigenvalue weighted by atomic mass is 10.3. The van der Waals surface area contributed by atoms with E-state index in [-0.39, 0.29) is 6.10 Å². The summed E-state index contributed by atoms with van der Waals surface area (Å²) in [4.78, 5) is 12.5. The first-order chi connectivity index (χ1) is 9.63. The lowest BCUT2D eigenvalue weighted by molar-refractivity contribution is 0.0755. The van der Waals surface area contributed by atoms with E-state index in [2.05, 4.69) is 15.0 Å². The van der Waals surface area contributed by atoms with Gasteiger partial charge in [-0.3, -0.25) is 4.57 Å². The van der Waals surface area contributed by atoms with Crippen molar-refractivity contribution in [3.05, 3.63) is 6.33 Å². The van der Waals surface area contributed by atoms with Crippen LogP contribution in [-0.4, -0.2) is 39.3 Å². The van der Waals surface area contributed by atoms with E-state index in [1.165, 1.54) is 6.33 Å². The third-order valence-corrected chi connectivity index (χ3v) is 2.95. The van der Waals surface area contributed by atoms with Crippen LogP contribution in [0.2, 0.25) is 0 Å². The SMILES string of the molecule is COc1ncnc2c1nc(N)n2CCCCOC(C)C. The van der Waals surface area contributed by atoms with Crippen molar-refractivity contribution >= 4 is 17.1 Å². The first-order valence-electron chi connectivity index (χ1n) is 6.75. The summed E-state index contributed by atoms with van der Waals surface area (Å²) < 4.78 is 12.6. The molecule has 0 fully saturated rings. The fourth-order valence-corrected chi connectivity index (χ4v) is 1.99. The van der Waals surface area contributed by atoms with Gasteiger partial charge in [0, 0.05) is 13.2 Å². The molecule has 7 heteroatoms. The standard InChI is InChI=1S/C13H21N5O2/c1-9(2)20-7-5-4-6-18-11-10(17-13(18)14)12(19-3)16-8-15-11/h8-9H,4-7H2,1-3H3,(H2,14,17). The molecule has 0 spiro atoms. The number of nitrogens with zero attached hydrogens (tertiary/aromatic N) is 4. The number of hydrogen-bond acceptors (Lipinski definition) is 6. The summed E-state index contributed by atoms with van der Waals surface area (Å²) in [7, 11) is 1.56. The number of hydrogen-bond donors (Lipinski definition) is 1. The van der Waals surface area contributed by atoms with Gasteiger partial charge in [0.2, 0.25) is 11.8 Å². The maximum Gasteiger partial charge on any atom is 0.245 e. The number of ether oxygens (including phenoxy) is 2. The minimum atomic E-state index is 0.270. The van der Waals surface area contributed by atoms with Crippen molar-refractivity contribution in [2.75, 3.05) is 19.5 Å². The summed E-state index contributed by atoms with van der Waals surface area (Å²) in [5.74, 6) is 0.882. The van der Waals surface area contributed by atoms with E-state index in [1.54, 1.807) is 7.11 Å². The fraction of sp³-hybridized carbons (Fsp3) is 0.615. The molecule has 20 heavy (non-hydrogen) atoms. The second-order valence-electron chi connectivity index (χ2n) is 4.80. The number of imidazole rings is 1. The Morgan fingerprint density at radius 2 is 2.10 bits per heavy atom. The number of unbranched alkanes of at least 4 members (excludes halogenated alkanes) is 1. The minimum Gasteiger partial charge on any atom is -0.479 e. The summed E-state index contributed by atoms with van der Waals surface area (Å²) in [5.41, 5.74) is 7.25. The number of nitrogen functional groups attached to an aromatic ring is 1. The van der Waals surface area contributed by atoms with Crippen LogP contribution in [0.4, 0.5) is 5.95 Å². The van der Waals surface area contributed by atoms with Crippen molar-refractivity contribution in [2.45, 2.75) is 39.3 Å². The van der Waals surface area contributed by atoms with Gasteiger partial charge in [0.25, 0.3) is 0 Å². The number of anilines is 1. The number of aryl methyl sites for hydroxylation is 1. The van der Waals surface area contributed by atoms with Gasteiger partial charge in [-0.15, -0.1) is 0 Å². The van der Waals surface area contributed by atoms with Crippen LogP contribution in [0.5, 0.6) is 5.88 Å². The van der Waals surface area contributed by atoms with Gasteiger partial charge in [0.1, 0.15) is 6.33 Å². The van der Waals surface area contributed by atoms with Crippen LogP contribution in [0.25, 0.3) is 11.2 Å². The molecule has 2 rings (SSSR count). The molecular formula is C13H21N5O2. The lowest BCUT2D eigenvalue weighted by Crippen LogP contribution is -2.07. The second-order valence-corrected chi connectivity index (χ2v) is 4.80. The highest BCUT2D eigenvalue weighted by Crippen LogP contribution is 2.22. The van der Waals surface area contributed by atoms with Gasteiger partial charge in [0.05, 0.1) is 13.2 Å². The molecule has 2 N–H and O–H groups in total. The fourth-order valence-electron chi connectivity index (χ4n) is 1.99. The normalized spacial score (nSPS) is 11.4. The lowest BCUT2D eigenvalue weighted by Gasteiger charge is -2.08. The number of rotatable bonds is 7. The molecule has 110 valence electrons. The minimum absolute atomic E-state index is 0.270. The van der Waals surface area contributed by atoms with E-state index < -0.39 is 0 Å². The van der Waals surface area contributed by atoms with Crippen LogP contribution in [-0.2, 0) is 11.3 Å². The zero-order valence-corrected chi connectivity index (χ0v) is 12.2. The summed E-state index contributed by atoms with van der Waals surface area (Å²) in [5, 5.41) is 0. The number of fused-ring (bicyclic) bond motifs is 1. The molecule has 0 amide bonds. The molecule has 2 aromatic rings. The van der Waals surface area contributed by atoms with Gasteiger partial charge in [0.15, 0.2) is 11.2 Å². The Hall–Kier alpha value is -1.89. The van der Waals surface area contributed by atoms with Crippen LogP contribution >= 0.6 is 0 Å². The highest BCUT2D eigenvalue weighted by Gasteiger charge is 2.13. The molecule has 0 aliphatic carbocycles. The number of methoxy groups -OCH3 is 1. The van der Waals surface area contributed by atoms with Crippen LogP contribution in [0.1, 0.15) is 26.7 Å². The summed E-state index contributed by atoms with van der Waals surface area (Å²) >= 11 is 0. The molecule has 2 heterocycles. The quantitative estimate of drug-likeness (QED) is 0.775. The monoisotopic (exact) mass is 279 g/mol. The van der Waals surface area contributed by atoms with Crippen LogP contribution in [0.15, 0.2) is 6.33 Å². The Labute approximate surface area is 118 Å². The molecule has 0 saturated heterocycles. The van der Waals surface area contributed by atoms with E-state index in [0.717, 1.165) is 26.0 Å². The predicted molar refractivity (Wildman–Crippen MR) is 76.6 cm³/mol. The Kier molecular flexibility index (Phi) is 4.73. The molecule has 0 unspecified atom stereocenters. The smallest absolute Gasteiger partial charge is 0.245 e. The number of aromatic nitrogens is 4. The van der Waals surface area contributed by atoms with E-state index >= 15 is 0 Å². The Morgan fingerprint density at radius 1 is 1.30 bits per heavy atom. The highest BCUT2D eigenvalue weighted by atomic mass is 16.5. The van der Waals surface area contributed by atoms with E-state index in [4.69, 9.17) is 15.2 Å². The van der Waals surface area contributed by atoms with Crippen molar-refractivity contribution < 1.29 is 9.47 Å². The third-order valence-electron chi connectivity index (χ3n) is 2.95. The Morgan fingerprint density at radius 3 is 2.80 bits per heavy atom. The zero-order valence-electron chi connectivity index (χ0n) is 12.2. The predicted octanol–water partition coefficient (Wildman–Crippen LogP) is 1.62. The summed E-state index contributed by atoms with van der Waals surface area (Å²) in [6, 6.07) is 0. The van der Waals surface area contributed by atoms with Crippen molar-refractivity contribution in [3.63, 3.8) is 0 Å². The number of nitrogens with two attached hydrogens (primary N) is 1. The molecule has 0 bridgehead atoms. The van der Waals surface area contributed by atoms with Crippen molar-refractivity contribution in [2.24, 2.45) is 0 Å². The third kappa shape index (κ3) is 3.16. The highest BCUT2D eigenvalue weighted by molar-refractivity contribution is 5.78. The average Bonchev–Trinajstić information content (AvgIpc) is 2.74. The van der Waals surface area contributed by atoms with Gasteiger partial charge in [-0.2, -0.15) is 4.98 Å². The first-order valence-corrected chi connectivity index (χ1v) is 6.75. The van der Waals surface area contributed by atoms with Crippen LogP contribution < -0.4 is 10.5 Å². The molecule has 0 aromatic carbocycles. The molecule has 0 atom stereocenters. The summed E-state index contributed by atoms with van der Waals surface area (Å²) in [6.07, 6.45) is 3.65. The Bertz CT molecular complexity index is 567. The van der Waals surface area contributed by atoms with Gasteiger partial charge >= 0.3 is 0 Å². The van der Waals surface area contributed by atoms with Crippen LogP contribution in [0, 0.1) is 0 Å².